The summed E-state index contributed by atoms with van der Waals surface area (Å²) in [4.78, 5) is 11.1. The van der Waals surface area contributed by atoms with Gasteiger partial charge >= 0.3 is 5.97 Å². The molecule has 5 nitrogen and oxygen atoms in total. The lowest BCUT2D eigenvalue weighted by Gasteiger charge is -2.11. The Morgan fingerprint density at radius 3 is 2.43 bits per heavy atom. The lowest BCUT2D eigenvalue weighted by molar-refractivity contribution is 0.0697. The number of hydrogen-bond donors (Lipinski definition) is 2. The first-order valence-electron chi connectivity index (χ1n) is 6.23. The average Bonchev–Trinajstić information content (AvgIpc) is 2.41. The van der Waals surface area contributed by atoms with Crippen molar-refractivity contribution in [2.45, 2.75) is 18.7 Å². The lowest BCUT2D eigenvalue weighted by Crippen LogP contribution is -2.14. The summed E-state index contributed by atoms with van der Waals surface area (Å²) in [7, 11) is -3.74. The van der Waals surface area contributed by atoms with Crippen LogP contribution in [0.1, 0.15) is 21.5 Å². The molecule has 21 heavy (non-hydrogen) atoms. The number of hydrogen-bond acceptors (Lipinski definition) is 3. The lowest BCUT2D eigenvalue weighted by atomic mass is 10.1. The van der Waals surface area contributed by atoms with Crippen LogP contribution in [0.5, 0.6) is 0 Å². The normalized spacial score (nSPS) is 11.1. The van der Waals surface area contributed by atoms with Crippen LogP contribution in [0.25, 0.3) is 0 Å². The van der Waals surface area contributed by atoms with Gasteiger partial charge in [0.2, 0.25) is 0 Å². The molecule has 0 aliphatic carbocycles. The quantitative estimate of drug-likeness (QED) is 0.909. The third-order valence-corrected chi connectivity index (χ3v) is 4.39. The Bertz CT molecular complexity index is 797. The van der Waals surface area contributed by atoms with Crippen molar-refractivity contribution in [2.75, 3.05) is 4.72 Å². The highest BCUT2D eigenvalue weighted by molar-refractivity contribution is 7.92. The van der Waals surface area contributed by atoms with Gasteiger partial charge in [-0.25, -0.2) is 13.2 Å². The molecule has 0 aliphatic heterocycles. The topological polar surface area (TPSA) is 83.5 Å². The number of aromatic carboxylic acids is 1. The fraction of sp³-hybridized carbons (Fsp3) is 0.133. The molecule has 0 aliphatic rings. The SMILES string of the molecule is Cc1cccc(S(=O)(=O)Nc2cc(C(=O)O)ccc2C)c1. The molecule has 0 bridgehead atoms. The summed E-state index contributed by atoms with van der Waals surface area (Å²) in [5.74, 6) is -1.11. The van der Waals surface area contributed by atoms with E-state index in [0.29, 0.717) is 5.56 Å². The van der Waals surface area contributed by atoms with Crippen LogP contribution in [0, 0.1) is 13.8 Å². The Morgan fingerprint density at radius 2 is 1.81 bits per heavy atom. The second-order valence-corrected chi connectivity index (χ2v) is 6.44. The molecule has 0 aromatic heterocycles. The van der Waals surface area contributed by atoms with E-state index >= 15 is 0 Å². The minimum Gasteiger partial charge on any atom is -0.478 e. The Kier molecular flexibility index (Phi) is 3.99. The molecule has 0 radical (unpaired) electrons. The van der Waals surface area contributed by atoms with Crippen molar-refractivity contribution in [1.82, 2.24) is 0 Å². The fourth-order valence-corrected chi connectivity index (χ4v) is 3.08. The maximum atomic E-state index is 12.3. The molecule has 0 amide bonds. The van der Waals surface area contributed by atoms with E-state index in [1.807, 2.05) is 0 Å². The van der Waals surface area contributed by atoms with Crippen LogP contribution in [0.15, 0.2) is 47.4 Å². The van der Waals surface area contributed by atoms with Gasteiger partial charge < -0.3 is 5.11 Å². The summed E-state index contributed by atoms with van der Waals surface area (Å²) in [6.07, 6.45) is 0. The maximum absolute atomic E-state index is 12.3. The zero-order valence-corrected chi connectivity index (χ0v) is 12.4. The van der Waals surface area contributed by atoms with E-state index in [2.05, 4.69) is 4.72 Å². The molecular weight excluding hydrogens is 290 g/mol. The van der Waals surface area contributed by atoms with Crippen LogP contribution in [-0.4, -0.2) is 19.5 Å². The molecule has 2 rings (SSSR count). The molecule has 110 valence electrons. The average molecular weight is 305 g/mol. The highest BCUT2D eigenvalue weighted by atomic mass is 32.2. The Morgan fingerprint density at radius 1 is 1.10 bits per heavy atom. The van der Waals surface area contributed by atoms with Crippen molar-refractivity contribution in [2.24, 2.45) is 0 Å². The van der Waals surface area contributed by atoms with E-state index in [1.54, 1.807) is 38.1 Å². The molecule has 0 unspecified atom stereocenters. The Labute approximate surface area is 123 Å². The smallest absolute Gasteiger partial charge is 0.335 e. The number of anilines is 1. The second-order valence-electron chi connectivity index (χ2n) is 4.76. The Balaban J connectivity index is 2.41. The first-order valence-corrected chi connectivity index (χ1v) is 7.71. The number of carboxylic acids is 1. The molecular formula is C15H15NO4S. The zero-order valence-electron chi connectivity index (χ0n) is 11.6. The van der Waals surface area contributed by atoms with Gasteiger partial charge in [-0.1, -0.05) is 18.2 Å². The standard InChI is InChI=1S/C15H15NO4S/c1-10-4-3-5-13(8-10)21(19,20)16-14-9-12(15(17)18)7-6-11(14)2/h3-9,16H,1-2H3,(H,17,18). The van der Waals surface area contributed by atoms with Crippen molar-refractivity contribution in [3.63, 3.8) is 0 Å². The van der Waals surface area contributed by atoms with Gasteiger partial charge in [0.25, 0.3) is 10.0 Å². The van der Waals surface area contributed by atoms with Gasteiger partial charge in [-0.2, -0.15) is 0 Å². The van der Waals surface area contributed by atoms with Crippen LogP contribution in [-0.2, 0) is 10.0 Å². The van der Waals surface area contributed by atoms with Gasteiger partial charge in [-0.15, -0.1) is 0 Å². The monoisotopic (exact) mass is 305 g/mol. The third kappa shape index (κ3) is 3.41. The molecule has 0 atom stereocenters. The molecule has 2 N–H and O–H groups in total. The molecule has 0 spiro atoms. The van der Waals surface area contributed by atoms with Crippen molar-refractivity contribution in [3.8, 4) is 0 Å². The summed E-state index contributed by atoms with van der Waals surface area (Å²) in [5.41, 5.74) is 1.77. The van der Waals surface area contributed by atoms with Gasteiger partial charge in [0.15, 0.2) is 0 Å². The van der Waals surface area contributed by atoms with Gasteiger partial charge in [-0.3, -0.25) is 4.72 Å². The molecule has 0 saturated heterocycles. The van der Waals surface area contributed by atoms with E-state index < -0.39 is 16.0 Å². The minimum absolute atomic E-state index is 0.0301. The number of carbonyl (C=O) groups is 1. The summed E-state index contributed by atoms with van der Waals surface area (Å²) in [5, 5.41) is 8.97. The summed E-state index contributed by atoms with van der Waals surface area (Å²) in [6, 6.07) is 10.8. The van der Waals surface area contributed by atoms with E-state index in [0.717, 1.165) is 5.56 Å². The second kappa shape index (κ2) is 5.57. The summed E-state index contributed by atoms with van der Waals surface area (Å²) >= 11 is 0. The van der Waals surface area contributed by atoms with Crippen LogP contribution in [0.3, 0.4) is 0 Å². The molecule has 0 heterocycles. The van der Waals surface area contributed by atoms with Crippen LogP contribution < -0.4 is 4.72 Å². The van der Waals surface area contributed by atoms with E-state index in [4.69, 9.17) is 5.11 Å². The van der Waals surface area contributed by atoms with Crippen LogP contribution in [0.2, 0.25) is 0 Å². The van der Waals surface area contributed by atoms with Crippen LogP contribution in [0.4, 0.5) is 5.69 Å². The number of benzene rings is 2. The number of sulfonamides is 1. The van der Waals surface area contributed by atoms with Gasteiger partial charge in [-0.05, 0) is 49.2 Å². The van der Waals surface area contributed by atoms with Gasteiger partial charge in [0.1, 0.15) is 0 Å². The van der Waals surface area contributed by atoms with Gasteiger partial charge in [0, 0.05) is 0 Å². The highest BCUT2D eigenvalue weighted by Crippen LogP contribution is 2.21. The molecule has 2 aromatic carbocycles. The summed E-state index contributed by atoms with van der Waals surface area (Å²) < 4.78 is 27.1. The Hall–Kier alpha value is -2.34. The highest BCUT2D eigenvalue weighted by Gasteiger charge is 2.16. The van der Waals surface area contributed by atoms with Crippen molar-refractivity contribution in [1.29, 1.82) is 0 Å². The first-order chi connectivity index (χ1) is 9.79. The van der Waals surface area contributed by atoms with Crippen molar-refractivity contribution in [3.05, 3.63) is 59.2 Å². The first kappa shape index (κ1) is 15.1. The zero-order chi connectivity index (χ0) is 15.6. The van der Waals surface area contributed by atoms with Crippen molar-refractivity contribution < 1.29 is 18.3 Å². The van der Waals surface area contributed by atoms with Crippen LogP contribution >= 0.6 is 0 Å². The molecule has 0 saturated carbocycles. The van der Waals surface area contributed by atoms with E-state index in [1.165, 1.54) is 18.2 Å². The number of carboxylic acid groups (broad SMARTS) is 1. The van der Waals surface area contributed by atoms with E-state index in [9.17, 15) is 13.2 Å². The minimum atomic E-state index is -3.74. The molecule has 6 heteroatoms. The largest absolute Gasteiger partial charge is 0.478 e. The third-order valence-electron chi connectivity index (χ3n) is 3.03. The predicted molar refractivity (Wildman–Crippen MR) is 80.1 cm³/mol. The number of rotatable bonds is 4. The van der Waals surface area contributed by atoms with Gasteiger partial charge in [0.05, 0.1) is 16.1 Å². The number of aryl methyl sites for hydroxylation is 2. The predicted octanol–water partition coefficient (Wildman–Crippen LogP) is 2.80. The molecule has 0 fully saturated rings. The van der Waals surface area contributed by atoms with Crippen molar-refractivity contribution >= 4 is 21.7 Å². The maximum Gasteiger partial charge on any atom is 0.335 e. The number of nitrogens with one attached hydrogen (secondary N) is 1. The molecule has 2 aromatic rings. The fourth-order valence-electron chi connectivity index (χ4n) is 1.85. The summed E-state index contributed by atoms with van der Waals surface area (Å²) in [6.45, 7) is 3.51. The van der Waals surface area contributed by atoms with E-state index in [-0.39, 0.29) is 16.1 Å².